The summed E-state index contributed by atoms with van der Waals surface area (Å²) in [5, 5.41) is 11.0. The lowest BCUT2D eigenvalue weighted by atomic mass is 10.1. The topological polar surface area (TPSA) is 79.4 Å². The van der Waals surface area contributed by atoms with Crippen LogP contribution in [0.2, 0.25) is 0 Å². The van der Waals surface area contributed by atoms with Gasteiger partial charge in [0.1, 0.15) is 11.4 Å². The molecule has 2 aromatic carbocycles. The SMILES string of the molecule is COc1cccc(C(C)=NNC(=O)c2cc(-c3ccccc3)n[nH]2)c1. The lowest BCUT2D eigenvalue weighted by molar-refractivity contribution is 0.0950. The minimum Gasteiger partial charge on any atom is -0.497 e. The fourth-order valence-corrected chi connectivity index (χ4v) is 2.30. The minimum atomic E-state index is -0.350. The number of aromatic nitrogens is 2. The number of rotatable bonds is 5. The number of carbonyl (C=O) groups is 1. The Labute approximate surface area is 145 Å². The highest BCUT2D eigenvalue weighted by molar-refractivity contribution is 6.00. The minimum absolute atomic E-state index is 0.348. The summed E-state index contributed by atoms with van der Waals surface area (Å²) in [6, 6.07) is 18.8. The van der Waals surface area contributed by atoms with Crippen LogP contribution in [-0.2, 0) is 0 Å². The van der Waals surface area contributed by atoms with E-state index < -0.39 is 0 Å². The van der Waals surface area contributed by atoms with E-state index in [1.165, 1.54) is 0 Å². The number of H-pyrrole nitrogens is 1. The average molecular weight is 334 g/mol. The Morgan fingerprint density at radius 3 is 2.68 bits per heavy atom. The standard InChI is InChI=1S/C19H18N4O2/c1-13(15-9-6-10-16(11-15)25-2)20-23-19(24)18-12-17(21-22-18)14-7-4-3-5-8-14/h3-12H,1-2H3,(H,21,22)(H,23,24). The Morgan fingerprint density at radius 2 is 1.92 bits per heavy atom. The summed E-state index contributed by atoms with van der Waals surface area (Å²) < 4.78 is 5.19. The molecule has 25 heavy (non-hydrogen) atoms. The van der Waals surface area contributed by atoms with E-state index in [1.807, 2.05) is 61.5 Å². The molecule has 1 heterocycles. The molecule has 0 fully saturated rings. The predicted octanol–water partition coefficient (Wildman–Crippen LogP) is 3.24. The Bertz CT molecular complexity index is 901. The van der Waals surface area contributed by atoms with Crippen LogP contribution in [0.1, 0.15) is 23.0 Å². The maximum atomic E-state index is 12.2. The number of benzene rings is 2. The van der Waals surface area contributed by atoms with Gasteiger partial charge in [-0.1, -0.05) is 42.5 Å². The van der Waals surface area contributed by atoms with Crippen LogP contribution in [0, 0.1) is 0 Å². The molecule has 126 valence electrons. The van der Waals surface area contributed by atoms with Crippen molar-refractivity contribution < 1.29 is 9.53 Å². The van der Waals surface area contributed by atoms with E-state index in [4.69, 9.17) is 4.74 Å². The van der Waals surface area contributed by atoms with Gasteiger partial charge < -0.3 is 4.74 Å². The molecule has 0 spiro atoms. The lowest BCUT2D eigenvalue weighted by Gasteiger charge is -2.04. The van der Waals surface area contributed by atoms with Crippen LogP contribution in [0.3, 0.4) is 0 Å². The van der Waals surface area contributed by atoms with Gasteiger partial charge in [-0.25, -0.2) is 5.43 Å². The molecule has 2 N–H and O–H groups in total. The van der Waals surface area contributed by atoms with Crippen molar-refractivity contribution in [2.45, 2.75) is 6.92 Å². The Morgan fingerprint density at radius 1 is 1.12 bits per heavy atom. The number of aromatic amines is 1. The largest absolute Gasteiger partial charge is 0.497 e. The van der Waals surface area contributed by atoms with Crippen molar-refractivity contribution in [1.82, 2.24) is 15.6 Å². The van der Waals surface area contributed by atoms with Crippen molar-refractivity contribution in [3.63, 3.8) is 0 Å². The van der Waals surface area contributed by atoms with Gasteiger partial charge in [-0.2, -0.15) is 10.2 Å². The van der Waals surface area contributed by atoms with Crippen molar-refractivity contribution in [3.05, 3.63) is 71.9 Å². The molecule has 3 rings (SSSR count). The number of ether oxygens (including phenoxy) is 1. The second-order valence-electron chi connectivity index (χ2n) is 5.40. The van der Waals surface area contributed by atoms with Crippen LogP contribution in [0.5, 0.6) is 5.75 Å². The van der Waals surface area contributed by atoms with Gasteiger partial charge in [-0.15, -0.1) is 0 Å². The van der Waals surface area contributed by atoms with Crippen molar-refractivity contribution in [2.75, 3.05) is 7.11 Å². The average Bonchev–Trinajstić information content (AvgIpc) is 3.17. The Hall–Kier alpha value is -3.41. The number of hydrogen-bond donors (Lipinski definition) is 2. The van der Waals surface area contributed by atoms with Crippen molar-refractivity contribution in [3.8, 4) is 17.0 Å². The van der Waals surface area contributed by atoms with E-state index in [9.17, 15) is 4.79 Å². The van der Waals surface area contributed by atoms with E-state index >= 15 is 0 Å². The van der Waals surface area contributed by atoms with Gasteiger partial charge in [0.15, 0.2) is 0 Å². The molecule has 0 saturated heterocycles. The molecule has 0 aliphatic rings. The molecule has 0 unspecified atom stereocenters. The number of hydrazone groups is 1. The molecular formula is C19H18N4O2. The van der Waals surface area contributed by atoms with E-state index in [1.54, 1.807) is 13.2 Å². The normalized spacial score (nSPS) is 11.2. The third-order valence-corrected chi connectivity index (χ3v) is 3.70. The highest BCUT2D eigenvalue weighted by atomic mass is 16.5. The second-order valence-corrected chi connectivity index (χ2v) is 5.40. The molecule has 0 bridgehead atoms. The molecule has 6 nitrogen and oxygen atoms in total. The molecule has 0 radical (unpaired) electrons. The highest BCUT2D eigenvalue weighted by Crippen LogP contribution is 2.17. The summed E-state index contributed by atoms with van der Waals surface area (Å²) in [5.74, 6) is 0.386. The fourth-order valence-electron chi connectivity index (χ4n) is 2.30. The van der Waals surface area contributed by atoms with Crippen molar-refractivity contribution in [1.29, 1.82) is 0 Å². The van der Waals surface area contributed by atoms with E-state index in [0.717, 1.165) is 16.9 Å². The Balaban J connectivity index is 1.71. The summed E-state index contributed by atoms with van der Waals surface area (Å²) in [5.41, 5.74) is 6.08. The van der Waals surface area contributed by atoms with E-state index in [2.05, 4.69) is 20.7 Å². The summed E-state index contributed by atoms with van der Waals surface area (Å²) in [4.78, 5) is 12.2. The van der Waals surface area contributed by atoms with Gasteiger partial charge in [0.05, 0.1) is 18.5 Å². The zero-order chi connectivity index (χ0) is 17.6. The van der Waals surface area contributed by atoms with Crippen molar-refractivity contribution in [2.24, 2.45) is 5.10 Å². The molecule has 6 heteroatoms. The molecule has 1 amide bonds. The number of carbonyl (C=O) groups excluding carboxylic acids is 1. The first-order chi connectivity index (χ1) is 12.2. The fraction of sp³-hybridized carbons (Fsp3) is 0.105. The molecule has 0 atom stereocenters. The van der Waals surface area contributed by atoms with Crippen LogP contribution < -0.4 is 10.2 Å². The molecule has 0 saturated carbocycles. The number of hydrogen-bond acceptors (Lipinski definition) is 4. The second kappa shape index (κ2) is 7.44. The van der Waals surface area contributed by atoms with Gasteiger partial charge in [0.25, 0.3) is 5.91 Å². The summed E-state index contributed by atoms with van der Waals surface area (Å²) in [7, 11) is 1.61. The number of amides is 1. The predicted molar refractivity (Wildman–Crippen MR) is 96.7 cm³/mol. The molecule has 3 aromatic rings. The number of methoxy groups -OCH3 is 1. The first kappa shape index (κ1) is 16.4. The maximum absolute atomic E-state index is 12.2. The first-order valence-electron chi connectivity index (χ1n) is 7.77. The summed E-state index contributed by atoms with van der Waals surface area (Å²) in [6.07, 6.45) is 0. The molecule has 0 aliphatic carbocycles. The number of nitrogens with zero attached hydrogens (tertiary/aromatic N) is 2. The van der Waals surface area contributed by atoms with E-state index in [0.29, 0.717) is 17.1 Å². The quantitative estimate of drug-likeness (QED) is 0.555. The zero-order valence-corrected chi connectivity index (χ0v) is 14.0. The first-order valence-corrected chi connectivity index (χ1v) is 7.77. The van der Waals surface area contributed by atoms with E-state index in [-0.39, 0.29) is 5.91 Å². The molecule has 1 aromatic heterocycles. The van der Waals surface area contributed by atoms with Gasteiger partial charge in [-0.05, 0) is 25.1 Å². The third kappa shape index (κ3) is 3.92. The van der Waals surface area contributed by atoms with Gasteiger partial charge in [-0.3, -0.25) is 9.89 Å². The molecular weight excluding hydrogens is 316 g/mol. The van der Waals surface area contributed by atoms with Crippen molar-refractivity contribution >= 4 is 11.6 Å². The van der Waals surface area contributed by atoms with Gasteiger partial charge in [0.2, 0.25) is 0 Å². The zero-order valence-electron chi connectivity index (χ0n) is 14.0. The highest BCUT2D eigenvalue weighted by Gasteiger charge is 2.10. The monoisotopic (exact) mass is 334 g/mol. The van der Waals surface area contributed by atoms with Crippen LogP contribution >= 0.6 is 0 Å². The van der Waals surface area contributed by atoms with Crippen LogP contribution in [0.25, 0.3) is 11.3 Å². The van der Waals surface area contributed by atoms with Crippen LogP contribution in [0.15, 0.2) is 65.8 Å². The maximum Gasteiger partial charge on any atom is 0.289 e. The van der Waals surface area contributed by atoms with Gasteiger partial charge in [0, 0.05) is 11.1 Å². The third-order valence-electron chi connectivity index (χ3n) is 3.70. The lowest BCUT2D eigenvalue weighted by Crippen LogP contribution is -2.19. The smallest absolute Gasteiger partial charge is 0.289 e. The summed E-state index contributed by atoms with van der Waals surface area (Å²) >= 11 is 0. The Kier molecular flexibility index (Phi) is 4.89. The van der Waals surface area contributed by atoms with Gasteiger partial charge >= 0.3 is 0 Å². The number of nitrogens with one attached hydrogen (secondary N) is 2. The van der Waals surface area contributed by atoms with Crippen LogP contribution in [-0.4, -0.2) is 28.9 Å². The summed E-state index contributed by atoms with van der Waals surface area (Å²) in [6.45, 7) is 1.82. The molecule has 0 aliphatic heterocycles. The van der Waals surface area contributed by atoms with Crippen LogP contribution in [0.4, 0.5) is 0 Å².